The van der Waals surface area contributed by atoms with Crippen molar-refractivity contribution in [1.29, 1.82) is 0 Å². The van der Waals surface area contributed by atoms with Crippen molar-refractivity contribution in [2.45, 2.75) is 31.4 Å². The molecule has 1 aliphatic rings. The Morgan fingerprint density at radius 1 is 1.28 bits per heavy atom. The molecule has 3 rings (SSSR count). The largest absolute Gasteiger partial charge is 0.484 e. The number of hydrogen-bond donors (Lipinski definition) is 0. The number of carbonyl (C=O) groups excluding carboxylic acids is 1. The third-order valence-electron chi connectivity index (χ3n) is 4.46. The molecule has 1 atom stereocenters. The molecule has 0 radical (unpaired) electrons. The van der Waals surface area contributed by atoms with Crippen LogP contribution in [0.25, 0.3) is 0 Å². The second-order valence-electron chi connectivity index (χ2n) is 6.56. The Balaban J connectivity index is 1.49. The van der Waals surface area contributed by atoms with Gasteiger partial charge in [0.25, 0.3) is 5.91 Å². The number of thioether (sulfide) groups is 1. The maximum absolute atomic E-state index is 12.5. The van der Waals surface area contributed by atoms with E-state index in [9.17, 15) is 4.79 Å². The highest BCUT2D eigenvalue weighted by Gasteiger charge is 2.23. The Morgan fingerprint density at radius 3 is 2.76 bits per heavy atom. The first-order valence-electron chi connectivity index (χ1n) is 8.79. The molecule has 1 aromatic carbocycles. The molecule has 0 bridgehead atoms. The highest BCUT2D eigenvalue weighted by Crippen LogP contribution is 2.34. The predicted molar refractivity (Wildman–Crippen MR) is 101 cm³/mol. The summed E-state index contributed by atoms with van der Waals surface area (Å²) in [5.74, 6) is 3.21. The van der Waals surface area contributed by atoms with Crippen LogP contribution in [0.2, 0.25) is 0 Å². The SMILES string of the molecule is CC(C)c1ccc(OCC(=O)N2CCSC(c3ccco3)CC2)cc1. The van der Waals surface area contributed by atoms with Crippen molar-refractivity contribution in [3.63, 3.8) is 0 Å². The minimum Gasteiger partial charge on any atom is -0.484 e. The van der Waals surface area contributed by atoms with E-state index in [1.54, 1.807) is 6.26 Å². The molecule has 1 aromatic heterocycles. The van der Waals surface area contributed by atoms with Gasteiger partial charge in [0, 0.05) is 18.8 Å². The van der Waals surface area contributed by atoms with Crippen molar-refractivity contribution in [3.05, 3.63) is 54.0 Å². The van der Waals surface area contributed by atoms with Gasteiger partial charge in [0.15, 0.2) is 6.61 Å². The Kier molecular flexibility index (Phi) is 6.08. The maximum Gasteiger partial charge on any atom is 0.260 e. The number of rotatable bonds is 5. The van der Waals surface area contributed by atoms with Crippen LogP contribution in [0.1, 0.15) is 42.8 Å². The van der Waals surface area contributed by atoms with Gasteiger partial charge in [-0.15, -0.1) is 11.8 Å². The first kappa shape index (κ1) is 17.9. The van der Waals surface area contributed by atoms with Crippen molar-refractivity contribution in [2.24, 2.45) is 0 Å². The van der Waals surface area contributed by atoms with E-state index in [1.165, 1.54) is 5.56 Å². The molecule has 25 heavy (non-hydrogen) atoms. The zero-order valence-electron chi connectivity index (χ0n) is 14.8. The molecule has 134 valence electrons. The lowest BCUT2D eigenvalue weighted by Gasteiger charge is -2.20. The lowest BCUT2D eigenvalue weighted by atomic mass is 10.0. The van der Waals surface area contributed by atoms with Crippen LogP contribution >= 0.6 is 11.8 Å². The Morgan fingerprint density at radius 2 is 2.08 bits per heavy atom. The molecule has 1 amide bonds. The first-order valence-corrected chi connectivity index (χ1v) is 9.84. The first-order chi connectivity index (χ1) is 12.1. The van der Waals surface area contributed by atoms with Crippen molar-refractivity contribution in [1.82, 2.24) is 4.90 Å². The zero-order chi connectivity index (χ0) is 17.6. The second-order valence-corrected chi connectivity index (χ2v) is 7.87. The fourth-order valence-corrected chi connectivity index (χ4v) is 4.09. The molecule has 5 heteroatoms. The van der Waals surface area contributed by atoms with Gasteiger partial charge in [-0.3, -0.25) is 4.79 Å². The molecule has 1 unspecified atom stereocenters. The normalized spacial score (nSPS) is 18.2. The predicted octanol–water partition coefficient (Wildman–Crippen LogP) is 4.49. The standard InChI is InChI=1S/C20H25NO3S/c1-15(2)16-5-7-17(8-6-16)24-14-20(22)21-10-9-19(25-13-11-21)18-4-3-12-23-18/h3-8,12,15,19H,9-11,13-14H2,1-2H3. The fourth-order valence-electron chi connectivity index (χ4n) is 2.91. The van der Waals surface area contributed by atoms with Crippen molar-refractivity contribution < 1.29 is 13.9 Å². The van der Waals surface area contributed by atoms with Crippen molar-refractivity contribution in [3.8, 4) is 5.75 Å². The van der Waals surface area contributed by atoms with Crippen LogP contribution in [-0.2, 0) is 4.79 Å². The van der Waals surface area contributed by atoms with Crippen LogP contribution in [0.4, 0.5) is 0 Å². The van der Waals surface area contributed by atoms with Crippen LogP contribution < -0.4 is 4.74 Å². The summed E-state index contributed by atoms with van der Waals surface area (Å²) in [4.78, 5) is 14.4. The minimum atomic E-state index is 0.0497. The van der Waals surface area contributed by atoms with E-state index >= 15 is 0 Å². The summed E-state index contributed by atoms with van der Waals surface area (Å²) >= 11 is 1.85. The van der Waals surface area contributed by atoms with E-state index in [0.717, 1.165) is 36.8 Å². The number of carbonyl (C=O) groups is 1. The van der Waals surface area contributed by atoms with Gasteiger partial charge in [-0.05, 0) is 42.2 Å². The molecule has 0 aliphatic carbocycles. The monoisotopic (exact) mass is 359 g/mol. The quantitative estimate of drug-likeness (QED) is 0.789. The summed E-state index contributed by atoms with van der Waals surface area (Å²) < 4.78 is 11.2. The van der Waals surface area contributed by atoms with Gasteiger partial charge in [0.1, 0.15) is 11.5 Å². The highest BCUT2D eigenvalue weighted by atomic mass is 32.2. The molecule has 1 aliphatic heterocycles. The second kappa shape index (κ2) is 8.48. The van der Waals surface area contributed by atoms with Gasteiger partial charge >= 0.3 is 0 Å². The molecular weight excluding hydrogens is 334 g/mol. The lowest BCUT2D eigenvalue weighted by Crippen LogP contribution is -2.36. The van der Waals surface area contributed by atoms with E-state index in [0.29, 0.717) is 11.2 Å². The van der Waals surface area contributed by atoms with Crippen molar-refractivity contribution in [2.75, 3.05) is 25.4 Å². The van der Waals surface area contributed by atoms with E-state index in [1.807, 2.05) is 40.9 Å². The van der Waals surface area contributed by atoms with E-state index in [-0.39, 0.29) is 12.5 Å². The third kappa shape index (κ3) is 4.82. The molecule has 2 aromatic rings. The Bertz CT molecular complexity index is 667. The van der Waals surface area contributed by atoms with E-state index < -0.39 is 0 Å². The average molecular weight is 359 g/mol. The maximum atomic E-state index is 12.5. The molecule has 1 fully saturated rings. The summed E-state index contributed by atoms with van der Waals surface area (Å²) in [7, 11) is 0. The molecule has 2 heterocycles. The van der Waals surface area contributed by atoms with Gasteiger partial charge in [-0.25, -0.2) is 0 Å². The summed E-state index contributed by atoms with van der Waals surface area (Å²) in [5, 5.41) is 0.331. The summed E-state index contributed by atoms with van der Waals surface area (Å²) in [6.07, 6.45) is 2.62. The smallest absolute Gasteiger partial charge is 0.260 e. The highest BCUT2D eigenvalue weighted by molar-refractivity contribution is 7.99. The minimum absolute atomic E-state index is 0.0497. The number of ether oxygens (including phenoxy) is 1. The van der Waals surface area contributed by atoms with Crippen LogP contribution in [0, 0.1) is 0 Å². The van der Waals surface area contributed by atoms with Gasteiger partial charge < -0.3 is 14.1 Å². The number of nitrogens with zero attached hydrogens (tertiary/aromatic N) is 1. The van der Waals surface area contributed by atoms with Gasteiger partial charge in [-0.1, -0.05) is 26.0 Å². The van der Waals surface area contributed by atoms with Gasteiger partial charge in [-0.2, -0.15) is 0 Å². The Hall–Kier alpha value is -1.88. The molecule has 0 saturated carbocycles. The van der Waals surface area contributed by atoms with E-state index in [4.69, 9.17) is 9.15 Å². The van der Waals surface area contributed by atoms with Crippen LogP contribution in [-0.4, -0.2) is 36.3 Å². The van der Waals surface area contributed by atoms with Gasteiger partial charge in [0.05, 0.1) is 11.5 Å². The third-order valence-corrected chi connectivity index (χ3v) is 5.75. The molecule has 0 spiro atoms. The molecule has 1 saturated heterocycles. The number of benzene rings is 1. The summed E-state index contributed by atoms with van der Waals surface area (Å²) in [6.45, 7) is 5.92. The number of amides is 1. The Labute approximate surface area is 153 Å². The topological polar surface area (TPSA) is 42.7 Å². The van der Waals surface area contributed by atoms with Gasteiger partial charge in [0.2, 0.25) is 0 Å². The lowest BCUT2D eigenvalue weighted by molar-refractivity contribution is -0.133. The molecule has 4 nitrogen and oxygen atoms in total. The van der Waals surface area contributed by atoms with Crippen LogP contribution in [0.15, 0.2) is 47.1 Å². The van der Waals surface area contributed by atoms with Crippen molar-refractivity contribution >= 4 is 17.7 Å². The molecule has 0 N–H and O–H groups in total. The fraction of sp³-hybridized carbons (Fsp3) is 0.450. The average Bonchev–Trinajstić information content (AvgIpc) is 3.04. The summed E-state index contributed by atoms with van der Waals surface area (Å²) in [6, 6.07) is 11.9. The van der Waals surface area contributed by atoms with E-state index in [2.05, 4.69) is 26.0 Å². The number of furan rings is 1. The van der Waals surface area contributed by atoms with Crippen LogP contribution in [0.3, 0.4) is 0 Å². The van der Waals surface area contributed by atoms with Crippen LogP contribution in [0.5, 0.6) is 5.75 Å². The molecular formula is C20H25NO3S. The zero-order valence-corrected chi connectivity index (χ0v) is 15.6. The number of hydrogen-bond acceptors (Lipinski definition) is 4. The summed E-state index contributed by atoms with van der Waals surface area (Å²) in [5.41, 5.74) is 1.27.